The number of halogens is 2. The van der Waals surface area contributed by atoms with Crippen molar-refractivity contribution in [2.24, 2.45) is 0 Å². The van der Waals surface area contributed by atoms with Crippen LogP contribution in [0.5, 0.6) is 5.75 Å². The summed E-state index contributed by atoms with van der Waals surface area (Å²) in [5, 5.41) is 10.9. The minimum Gasteiger partial charge on any atom is -0.486 e. The van der Waals surface area contributed by atoms with Gasteiger partial charge in [0.15, 0.2) is 11.6 Å². The number of hydrogen-bond donors (Lipinski definition) is 1. The summed E-state index contributed by atoms with van der Waals surface area (Å²) in [6.07, 6.45) is 3.39. The van der Waals surface area contributed by atoms with Crippen LogP contribution < -0.4 is 4.74 Å². The molecule has 0 aliphatic rings. The number of pyridine rings is 1. The minimum absolute atomic E-state index is 0. The van der Waals surface area contributed by atoms with E-state index in [1.54, 1.807) is 12.4 Å². The predicted octanol–water partition coefficient (Wildman–Crippen LogP) is 4.07. The molecule has 3 aromatic rings. The Morgan fingerprint density at radius 3 is 2.74 bits per heavy atom. The van der Waals surface area contributed by atoms with Gasteiger partial charge in [0.1, 0.15) is 6.61 Å². The SMILES string of the molecule is Cl.O=C(O)c1ccc(F)c(OCc2cncc3ccccc23)c1. The van der Waals surface area contributed by atoms with Crippen molar-refractivity contribution < 1.29 is 19.0 Å². The van der Waals surface area contributed by atoms with Gasteiger partial charge in [-0.3, -0.25) is 4.98 Å². The summed E-state index contributed by atoms with van der Waals surface area (Å²) in [5.74, 6) is -1.82. The molecule has 1 aromatic heterocycles. The van der Waals surface area contributed by atoms with E-state index in [4.69, 9.17) is 9.84 Å². The van der Waals surface area contributed by atoms with E-state index < -0.39 is 11.8 Å². The summed E-state index contributed by atoms with van der Waals surface area (Å²) in [7, 11) is 0. The smallest absolute Gasteiger partial charge is 0.335 e. The maximum atomic E-state index is 13.7. The second kappa shape index (κ2) is 7.07. The van der Waals surface area contributed by atoms with Crippen molar-refractivity contribution in [1.82, 2.24) is 4.98 Å². The van der Waals surface area contributed by atoms with Gasteiger partial charge < -0.3 is 9.84 Å². The van der Waals surface area contributed by atoms with Gasteiger partial charge in [-0.2, -0.15) is 0 Å². The number of carboxylic acid groups (broad SMARTS) is 1. The molecule has 23 heavy (non-hydrogen) atoms. The van der Waals surface area contributed by atoms with E-state index in [9.17, 15) is 9.18 Å². The van der Waals surface area contributed by atoms with E-state index in [1.807, 2.05) is 24.3 Å². The zero-order valence-corrected chi connectivity index (χ0v) is 12.7. The molecule has 1 heterocycles. The van der Waals surface area contributed by atoms with E-state index in [0.29, 0.717) is 0 Å². The Bertz CT molecular complexity index is 849. The Balaban J connectivity index is 0.00000192. The predicted molar refractivity (Wildman–Crippen MR) is 86.7 cm³/mol. The summed E-state index contributed by atoms with van der Waals surface area (Å²) >= 11 is 0. The standard InChI is InChI=1S/C17H12FNO3.ClH/c18-15-6-5-11(17(20)21)7-16(15)22-10-13-9-19-8-12-3-1-2-4-14(12)13;/h1-9H,10H2,(H,20,21);1H. The van der Waals surface area contributed by atoms with Crippen molar-refractivity contribution in [3.05, 3.63) is 71.8 Å². The van der Waals surface area contributed by atoms with Crippen LogP contribution in [0.15, 0.2) is 54.9 Å². The third kappa shape index (κ3) is 3.57. The molecule has 0 aliphatic carbocycles. The highest BCUT2D eigenvalue weighted by molar-refractivity contribution is 5.88. The first-order chi connectivity index (χ1) is 10.6. The minimum atomic E-state index is -1.13. The number of carbonyl (C=O) groups is 1. The number of fused-ring (bicyclic) bond motifs is 1. The van der Waals surface area contributed by atoms with Gasteiger partial charge in [0, 0.05) is 23.3 Å². The summed E-state index contributed by atoms with van der Waals surface area (Å²) in [6.45, 7) is 0.106. The van der Waals surface area contributed by atoms with Crippen LogP contribution in [0.3, 0.4) is 0 Å². The van der Waals surface area contributed by atoms with Gasteiger partial charge in [-0.1, -0.05) is 24.3 Å². The molecular weight excluding hydrogens is 321 g/mol. The summed E-state index contributed by atoms with van der Waals surface area (Å²) in [5.41, 5.74) is 0.783. The lowest BCUT2D eigenvalue weighted by molar-refractivity contribution is 0.0696. The molecule has 0 amide bonds. The molecule has 2 aromatic carbocycles. The number of ether oxygens (including phenoxy) is 1. The highest BCUT2D eigenvalue weighted by Gasteiger charge is 2.10. The number of nitrogens with zero attached hydrogens (tertiary/aromatic N) is 1. The van der Waals surface area contributed by atoms with Crippen molar-refractivity contribution in [2.75, 3.05) is 0 Å². The molecular formula is C17H13ClFNO3. The van der Waals surface area contributed by atoms with Crippen LogP contribution in [0.2, 0.25) is 0 Å². The third-order valence-corrected chi connectivity index (χ3v) is 3.31. The Morgan fingerprint density at radius 1 is 1.17 bits per heavy atom. The zero-order chi connectivity index (χ0) is 15.5. The molecule has 0 spiro atoms. The van der Waals surface area contributed by atoms with E-state index in [0.717, 1.165) is 22.4 Å². The number of rotatable bonds is 4. The van der Waals surface area contributed by atoms with Crippen LogP contribution in [0, 0.1) is 5.82 Å². The molecule has 0 fully saturated rings. The Kier molecular flexibility index (Phi) is 5.13. The van der Waals surface area contributed by atoms with Crippen LogP contribution in [0.4, 0.5) is 4.39 Å². The molecule has 0 atom stereocenters. The van der Waals surface area contributed by atoms with Gasteiger partial charge in [0.2, 0.25) is 0 Å². The van der Waals surface area contributed by atoms with Crippen LogP contribution in [-0.2, 0) is 6.61 Å². The summed E-state index contributed by atoms with van der Waals surface area (Å²) in [4.78, 5) is 15.1. The van der Waals surface area contributed by atoms with E-state index in [2.05, 4.69) is 4.98 Å². The Morgan fingerprint density at radius 2 is 1.96 bits per heavy atom. The molecule has 0 radical (unpaired) electrons. The molecule has 0 bridgehead atoms. The lowest BCUT2D eigenvalue weighted by Crippen LogP contribution is -2.02. The van der Waals surface area contributed by atoms with Gasteiger partial charge in [0.05, 0.1) is 5.56 Å². The highest BCUT2D eigenvalue weighted by Crippen LogP contribution is 2.22. The van der Waals surface area contributed by atoms with Gasteiger partial charge in [-0.15, -0.1) is 12.4 Å². The van der Waals surface area contributed by atoms with Crippen LogP contribution >= 0.6 is 12.4 Å². The van der Waals surface area contributed by atoms with Crippen LogP contribution in [0.1, 0.15) is 15.9 Å². The van der Waals surface area contributed by atoms with Crippen molar-refractivity contribution >= 4 is 29.1 Å². The monoisotopic (exact) mass is 333 g/mol. The second-order valence-corrected chi connectivity index (χ2v) is 4.76. The lowest BCUT2D eigenvalue weighted by atomic mass is 10.1. The first-order valence-electron chi connectivity index (χ1n) is 6.62. The summed E-state index contributed by atoms with van der Waals surface area (Å²) < 4.78 is 19.2. The number of benzene rings is 2. The maximum absolute atomic E-state index is 13.7. The fraction of sp³-hybridized carbons (Fsp3) is 0.0588. The van der Waals surface area contributed by atoms with Crippen molar-refractivity contribution in [2.45, 2.75) is 6.61 Å². The van der Waals surface area contributed by atoms with E-state index in [-0.39, 0.29) is 30.3 Å². The highest BCUT2D eigenvalue weighted by atomic mass is 35.5. The van der Waals surface area contributed by atoms with Gasteiger partial charge >= 0.3 is 5.97 Å². The quantitative estimate of drug-likeness (QED) is 0.781. The van der Waals surface area contributed by atoms with Gasteiger partial charge in [-0.25, -0.2) is 9.18 Å². The fourth-order valence-electron chi connectivity index (χ4n) is 2.20. The molecule has 0 aliphatic heterocycles. The molecule has 0 saturated heterocycles. The second-order valence-electron chi connectivity index (χ2n) is 4.76. The average molecular weight is 334 g/mol. The van der Waals surface area contributed by atoms with Crippen LogP contribution in [0.25, 0.3) is 10.8 Å². The van der Waals surface area contributed by atoms with Crippen molar-refractivity contribution in [3.8, 4) is 5.75 Å². The maximum Gasteiger partial charge on any atom is 0.335 e. The first-order valence-corrected chi connectivity index (χ1v) is 6.62. The molecule has 1 N–H and O–H groups in total. The third-order valence-electron chi connectivity index (χ3n) is 3.31. The normalized spacial score (nSPS) is 10.1. The van der Waals surface area contributed by atoms with Gasteiger partial charge in [-0.05, 0) is 23.6 Å². The van der Waals surface area contributed by atoms with Gasteiger partial charge in [0.25, 0.3) is 0 Å². The number of carboxylic acids is 1. The zero-order valence-electron chi connectivity index (χ0n) is 11.9. The van der Waals surface area contributed by atoms with Crippen molar-refractivity contribution in [1.29, 1.82) is 0 Å². The Hall–Kier alpha value is -2.66. The largest absolute Gasteiger partial charge is 0.486 e. The fourth-order valence-corrected chi connectivity index (χ4v) is 2.20. The average Bonchev–Trinajstić information content (AvgIpc) is 2.54. The lowest BCUT2D eigenvalue weighted by Gasteiger charge is -2.10. The number of aromatic carboxylic acids is 1. The van der Waals surface area contributed by atoms with E-state index in [1.165, 1.54) is 12.1 Å². The topological polar surface area (TPSA) is 59.4 Å². The molecule has 4 nitrogen and oxygen atoms in total. The number of aromatic nitrogens is 1. The first kappa shape index (κ1) is 16.7. The molecule has 3 rings (SSSR count). The molecule has 0 saturated carbocycles. The number of hydrogen-bond acceptors (Lipinski definition) is 3. The molecule has 6 heteroatoms. The van der Waals surface area contributed by atoms with Crippen molar-refractivity contribution in [3.63, 3.8) is 0 Å². The Labute approximate surface area is 138 Å². The molecule has 0 unspecified atom stereocenters. The van der Waals surface area contributed by atoms with Crippen LogP contribution in [-0.4, -0.2) is 16.1 Å². The summed E-state index contributed by atoms with van der Waals surface area (Å²) in [6, 6.07) is 11.1. The molecule has 118 valence electrons. The van der Waals surface area contributed by atoms with E-state index >= 15 is 0 Å².